The molecule has 0 aromatic heterocycles. The fraction of sp³-hybridized carbons (Fsp3) is 0.667. The molecule has 1 aliphatic rings. The SMILES string of the molecule is CCCCNC(=O)C(C1CCCCC1)N(CCC(C)C)C(=O)c1ccccc1I. The van der Waals surface area contributed by atoms with E-state index in [0.717, 1.165) is 48.5 Å². The van der Waals surface area contributed by atoms with E-state index in [1.54, 1.807) is 0 Å². The first-order valence-electron chi connectivity index (χ1n) is 11.3. The number of benzene rings is 1. The van der Waals surface area contributed by atoms with E-state index in [9.17, 15) is 9.59 Å². The summed E-state index contributed by atoms with van der Waals surface area (Å²) in [6, 6.07) is 7.35. The predicted octanol–water partition coefficient (Wildman–Crippen LogP) is 5.64. The van der Waals surface area contributed by atoms with Gasteiger partial charge in [-0.3, -0.25) is 9.59 Å². The molecule has 0 bridgehead atoms. The molecule has 29 heavy (non-hydrogen) atoms. The Hall–Kier alpha value is -1.11. The molecule has 0 radical (unpaired) electrons. The molecule has 1 saturated carbocycles. The Balaban J connectivity index is 2.34. The lowest BCUT2D eigenvalue weighted by molar-refractivity contribution is -0.128. The highest BCUT2D eigenvalue weighted by Crippen LogP contribution is 2.31. The number of hydrogen-bond acceptors (Lipinski definition) is 2. The van der Waals surface area contributed by atoms with Gasteiger partial charge < -0.3 is 10.2 Å². The highest BCUT2D eigenvalue weighted by molar-refractivity contribution is 14.1. The minimum absolute atomic E-state index is 0.00290. The Kier molecular flexibility index (Phi) is 10.5. The van der Waals surface area contributed by atoms with E-state index in [-0.39, 0.29) is 23.8 Å². The molecular formula is C24H37IN2O2. The lowest BCUT2D eigenvalue weighted by Crippen LogP contribution is -2.54. The maximum Gasteiger partial charge on any atom is 0.255 e. The second-order valence-electron chi connectivity index (χ2n) is 8.65. The van der Waals surface area contributed by atoms with Crippen molar-refractivity contribution >= 4 is 34.4 Å². The third kappa shape index (κ3) is 7.26. The molecule has 1 fully saturated rings. The first kappa shape index (κ1) is 24.2. The maximum absolute atomic E-state index is 13.6. The first-order valence-corrected chi connectivity index (χ1v) is 12.4. The number of carbonyl (C=O) groups excluding carboxylic acids is 2. The summed E-state index contributed by atoms with van der Waals surface area (Å²) < 4.78 is 0.943. The van der Waals surface area contributed by atoms with Crippen molar-refractivity contribution in [1.29, 1.82) is 0 Å². The van der Waals surface area contributed by atoms with Crippen LogP contribution in [0.1, 0.15) is 82.5 Å². The molecule has 0 aliphatic heterocycles. The molecule has 0 saturated heterocycles. The Labute approximate surface area is 190 Å². The van der Waals surface area contributed by atoms with Gasteiger partial charge in [0.05, 0.1) is 5.56 Å². The van der Waals surface area contributed by atoms with Crippen molar-refractivity contribution < 1.29 is 9.59 Å². The van der Waals surface area contributed by atoms with Gasteiger partial charge in [-0.2, -0.15) is 0 Å². The largest absolute Gasteiger partial charge is 0.354 e. The Morgan fingerprint density at radius 1 is 1.17 bits per heavy atom. The third-order valence-electron chi connectivity index (χ3n) is 5.84. The molecule has 5 heteroatoms. The van der Waals surface area contributed by atoms with Crippen molar-refractivity contribution in [1.82, 2.24) is 10.2 Å². The molecule has 2 rings (SSSR count). The molecule has 1 aliphatic carbocycles. The zero-order valence-corrected chi connectivity index (χ0v) is 20.4. The van der Waals surface area contributed by atoms with Crippen LogP contribution in [0.15, 0.2) is 24.3 Å². The topological polar surface area (TPSA) is 49.4 Å². The van der Waals surface area contributed by atoms with Gasteiger partial charge in [0, 0.05) is 16.7 Å². The highest BCUT2D eigenvalue weighted by Gasteiger charge is 2.37. The van der Waals surface area contributed by atoms with Crippen molar-refractivity contribution in [3.8, 4) is 0 Å². The lowest BCUT2D eigenvalue weighted by atomic mass is 9.82. The number of unbranched alkanes of at least 4 members (excludes halogenated alkanes) is 1. The standard InChI is InChI=1S/C24H37IN2O2/c1-4-5-16-26-23(28)22(19-11-7-6-8-12-19)27(17-15-18(2)3)24(29)20-13-9-10-14-21(20)25/h9-10,13-14,18-19,22H,4-8,11-12,15-17H2,1-3H3,(H,26,28). The molecule has 0 heterocycles. The number of nitrogens with one attached hydrogen (secondary N) is 1. The van der Waals surface area contributed by atoms with E-state index < -0.39 is 0 Å². The first-order chi connectivity index (χ1) is 14.0. The van der Waals surface area contributed by atoms with Crippen LogP contribution >= 0.6 is 22.6 Å². The van der Waals surface area contributed by atoms with E-state index in [2.05, 4.69) is 48.7 Å². The maximum atomic E-state index is 13.6. The van der Waals surface area contributed by atoms with Gasteiger partial charge in [-0.25, -0.2) is 0 Å². The Bertz CT molecular complexity index is 656. The molecule has 162 valence electrons. The van der Waals surface area contributed by atoms with Gasteiger partial charge in [-0.1, -0.05) is 58.6 Å². The van der Waals surface area contributed by atoms with Crippen molar-refractivity contribution in [2.75, 3.05) is 13.1 Å². The second kappa shape index (κ2) is 12.6. The van der Waals surface area contributed by atoms with E-state index in [0.29, 0.717) is 24.6 Å². The Morgan fingerprint density at radius 2 is 1.86 bits per heavy atom. The van der Waals surface area contributed by atoms with Gasteiger partial charge in [0.25, 0.3) is 5.91 Å². The predicted molar refractivity (Wildman–Crippen MR) is 128 cm³/mol. The summed E-state index contributed by atoms with van der Waals surface area (Å²) in [6.07, 6.45) is 8.52. The molecule has 1 aromatic carbocycles. The lowest BCUT2D eigenvalue weighted by Gasteiger charge is -2.38. The fourth-order valence-electron chi connectivity index (χ4n) is 4.11. The summed E-state index contributed by atoms with van der Waals surface area (Å²) in [5.41, 5.74) is 0.707. The number of hydrogen-bond donors (Lipinski definition) is 1. The third-order valence-corrected chi connectivity index (χ3v) is 6.78. The smallest absolute Gasteiger partial charge is 0.255 e. The summed E-state index contributed by atoms with van der Waals surface area (Å²) in [5, 5.41) is 3.14. The molecule has 1 N–H and O–H groups in total. The molecular weight excluding hydrogens is 475 g/mol. The van der Waals surface area contributed by atoms with Crippen molar-refractivity contribution in [2.24, 2.45) is 11.8 Å². The summed E-state index contributed by atoms with van der Waals surface area (Å²) in [5.74, 6) is 0.767. The van der Waals surface area contributed by atoms with Crippen molar-refractivity contribution in [2.45, 2.75) is 78.2 Å². The van der Waals surface area contributed by atoms with E-state index in [4.69, 9.17) is 0 Å². The van der Waals surface area contributed by atoms with Crippen LogP contribution < -0.4 is 5.32 Å². The van der Waals surface area contributed by atoms with Gasteiger partial charge in [-0.15, -0.1) is 0 Å². The van der Waals surface area contributed by atoms with Crippen LogP contribution in [-0.4, -0.2) is 35.8 Å². The van der Waals surface area contributed by atoms with Gasteiger partial charge in [0.1, 0.15) is 6.04 Å². The summed E-state index contributed by atoms with van der Waals surface area (Å²) >= 11 is 2.23. The highest BCUT2D eigenvalue weighted by atomic mass is 127. The zero-order valence-electron chi connectivity index (χ0n) is 18.3. The fourth-order valence-corrected chi connectivity index (χ4v) is 4.72. The van der Waals surface area contributed by atoms with E-state index >= 15 is 0 Å². The van der Waals surface area contributed by atoms with Crippen LogP contribution in [0, 0.1) is 15.4 Å². The minimum Gasteiger partial charge on any atom is -0.354 e. The summed E-state index contributed by atoms with van der Waals surface area (Å²) in [6.45, 7) is 7.79. The molecule has 1 atom stereocenters. The average molecular weight is 512 g/mol. The number of nitrogens with zero attached hydrogens (tertiary/aromatic N) is 1. The van der Waals surface area contributed by atoms with Crippen LogP contribution in [0.3, 0.4) is 0 Å². The minimum atomic E-state index is -0.366. The number of halogens is 1. The zero-order chi connectivity index (χ0) is 21.2. The van der Waals surface area contributed by atoms with Crippen LogP contribution in [0.25, 0.3) is 0 Å². The molecule has 2 amide bonds. The van der Waals surface area contributed by atoms with Gasteiger partial charge >= 0.3 is 0 Å². The Morgan fingerprint density at radius 3 is 2.48 bits per heavy atom. The van der Waals surface area contributed by atoms with Gasteiger partial charge in [0.2, 0.25) is 5.91 Å². The van der Waals surface area contributed by atoms with Crippen LogP contribution in [0.5, 0.6) is 0 Å². The molecule has 0 spiro atoms. The van der Waals surface area contributed by atoms with Crippen LogP contribution in [0.2, 0.25) is 0 Å². The quantitative estimate of drug-likeness (QED) is 0.326. The number of carbonyl (C=O) groups is 2. The molecule has 1 unspecified atom stereocenters. The summed E-state index contributed by atoms with van der Waals surface area (Å²) in [7, 11) is 0. The molecule has 1 aromatic rings. The van der Waals surface area contributed by atoms with E-state index in [1.165, 1.54) is 6.42 Å². The van der Waals surface area contributed by atoms with Gasteiger partial charge in [0.15, 0.2) is 0 Å². The monoisotopic (exact) mass is 512 g/mol. The molecule has 4 nitrogen and oxygen atoms in total. The summed E-state index contributed by atoms with van der Waals surface area (Å²) in [4.78, 5) is 28.9. The van der Waals surface area contributed by atoms with Gasteiger partial charge in [-0.05, 0) is 72.2 Å². The average Bonchev–Trinajstić information content (AvgIpc) is 2.71. The van der Waals surface area contributed by atoms with Crippen molar-refractivity contribution in [3.05, 3.63) is 33.4 Å². The van der Waals surface area contributed by atoms with Crippen LogP contribution in [-0.2, 0) is 4.79 Å². The van der Waals surface area contributed by atoms with Crippen molar-refractivity contribution in [3.63, 3.8) is 0 Å². The van der Waals surface area contributed by atoms with E-state index in [1.807, 2.05) is 29.2 Å². The van der Waals surface area contributed by atoms with Crippen LogP contribution in [0.4, 0.5) is 0 Å². The normalized spacial score (nSPS) is 15.9. The number of rotatable bonds is 10. The number of amides is 2. The second-order valence-corrected chi connectivity index (χ2v) is 9.81.